The van der Waals surface area contributed by atoms with Crippen LogP contribution in [0.1, 0.15) is 29.0 Å². The molecular formula is C18H20N4O2. The first-order chi connectivity index (χ1) is 11.6. The third-order valence-corrected chi connectivity index (χ3v) is 3.89. The minimum atomic E-state index is -0.0403. The number of carbonyl (C=O) groups excluding carboxylic acids is 1. The van der Waals surface area contributed by atoms with Gasteiger partial charge in [0.05, 0.1) is 12.2 Å². The summed E-state index contributed by atoms with van der Waals surface area (Å²) in [5.41, 5.74) is 3.02. The summed E-state index contributed by atoms with van der Waals surface area (Å²) in [4.78, 5) is 12.0. The number of aromatic nitrogens is 3. The van der Waals surface area contributed by atoms with E-state index >= 15 is 0 Å². The van der Waals surface area contributed by atoms with Gasteiger partial charge in [0.25, 0.3) is 0 Å². The molecule has 0 bridgehead atoms. The Kier molecular flexibility index (Phi) is 4.74. The smallest absolute Gasteiger partial charge is 0.225 e. The second kappa shape index (κ2) is 7.12. The Bertz CT molecular complexity index is 801. The molecule has 0 spiro atoms. The molecule has 1 N–H and O–H groups in total. The first-order valence-electron chi connectivity index (χ1n) is 7.91. The molecule has 2 heterocycles. The summed E-state index contributed by atoms with van der Waals surface area (Å²) in [5.74, 6) is 1.30. The van der Waals surface area contributed by atoms with E-state index in [1.165, 1.54) is 0 Å². The van der Waals surface area contributed by atoms with Crippen LogP contribution < -0.4 is 5.32 Å². The van der Waals surface area contributed by atoms with Gasteiger partial charge < -0.3 is 9.84 Å². The van der Waals surface area contributed by atoms with Crippen LogP contribution in [0.2, 0.25) is 0 Å². The Balaban J connectivity index is 1.55. The van der Waals surface area contributed by atoms with Gasteiger partial charge in [0.2, 0.25) is 5.91 Å². The summed E-state index contributed by atoms with van der Waals surface area (Å²) in [6, 6.07) is 11.7. The summed E-state index contributed by atoms with van der Waals surface area (Å²) >= 11 is 0. The van der Waals surface area contributed by atoms with Gasteiger partial charge in [0.1, 0.15) is 5.76 Å². The van der Waals surface area contributed by atoms with E-state index in [1.54, 1.807) is 10.7 Å². The highest BCUT2D eigenvalue weighted by molar-refractivity contribution is 5.89. The van der Waals surface area contributed by atoms with Crippen molar-refractivity contribution in [3.05, 3.63) is 65.2 Å². The highest BCUT2D eigenvalue weighted by Gasteiger charge is 2.11. The van der Waals surface area contributed by atoms with Crippen molar-refractivity contribution in [2.75, 3.05) is 5.32 Å². The lowest BCUT2D eigenvalue weighted by molar-refractivity contribution is -0.116. The normalized spacial score (nSPS) is 10.8. The maximum absolute atomic E-state index is 12.0. The quantitative estimate of drug-likeness (QED) is 0.756. The fourth-order valence-corrected chi connectivity index (χ4v) is 2.51. The van der Waals surface area contributed by atoms with Crippen LogP contribution in [-0.2, 0) is 17.8 Å². The molecule has 0 radical (unpaired) electrons. The van der Waals surface area contributed by atoms with E-state index in [4.69, 9.17) is 4.52 Å². The molecule has 6 nitrogen and oxygen atoms in total. The number of nitrogens with zero attached hydrogens (tertiary/aromatic N) is 3. The van der Waals surface area contributed by atoms with Crippen LogP contribution in [0.5, 0.6) is 0 Å². The average molecular weight is 324 g/mol. The second-order valence-corrected chi connectivity index (χ2v) is 5.74. The first-order valence-corrected chi connectivity index (χ1v) is 7.91. The number of benzene rings is 1. The molecule has 0 atom stereocenters. The van der Waals surface area contributed by atoms with Gasteiger partial charge in [-0.1, -0.05) is 35.5 Å². The zero-order valence-corrected chi connectivity index (χ0v) is 13.8. The molecule has 0 saturated heterocycles. The van der Waals surface area contributed by atoms with Crippen LogP contribution in [0.4, 0.5) is 5.82 Å². The van der Waals surface area contributed by atoms with E-state index in [-0.39, 0.29) is 5.91 Å². The number of nitrogens with one attached hydrogen (secondary N) is 1. The van der Waals surface area contributed by atoms with Gasteiger partial charge >= 0.3 is 0 Å². The predicted molar refractivity (Wildman–Crippen MR) is 90.7 cm³/mol. The molecule has 2 aromatic heterocycles. The van der Waals surface area contributed by atoms with Crippen molar-refractivity contribution in [2.45, 2.75) is 33.2 Å². The molecule has 0 saturated carbocycles. The van der Waals surface area contributed by atoms with Gasteiger partial charge in [0, 0.05) is 24.2 Å². The van der Waals surface area contributed by atoms with Gasteiger partial charge in [0.15, 0.2) is 5.82 Å². The largest absolute Gasteiger partial charge is 0.361 e. The second-order valence-electron chi connectivity index (χ2n) is 5.74. The van der Waals surface area contributed by atoms with E-state index in [9.17, 15) is 4.79 Å². The minimum Gasteiger partial charge on any atom is -0.361 e. The SMILES string of the molecule is Cc1noc(C)c1Cn1ccc(NC(=O)CCc2ccccc2)n1. The average Bonchev–Trinajstić information content (AvgIpc) is 3.15. The minimum absolute atomic E-state index is 0.0403. The molecule has 0 aliphatic rings. The van der Waals surface area contributed by atoms with E-state index < -0.39 is 0 Å². The summed E-state index contributed by atoms with van der Waals surface area (Å²) in [6.45, 7) is 4.35. The lowest BCUT2D eigenvalue weighted by atomic mass is 10.1. The topological polar surface area (TPSA) is 73.0 Å². The Morgan fingerprint density at radius 2 is 2.00 bits per heavy atom. The van der Waals surface area contributed by atoms with E-state index in [1.807, 2.05) is 50.4 Å². The molecule has 0 unspecified atom stereocenters. The maximum atomic E-state index is 12.0. The molecular weight excluding hydrogens is 304 g/mol. The summed E-state index contributed by atoms with van der Waals surface area (Å²) in [7, 11) is 0. The molecule has 124 valence electrons. The standard InChI is InChI=1S/C18H20N4O2/c1-13-16(14(2)24-21-13)12-22-11-10-17(20-22)19-18(23)9-8-15-6-4-3-5-7-15/h3-7,10-11H,8-9,12H2,1-2H3,(H,19,20,23). The van der Waals surface area contributed by atoms with Crippen molar-refractivity contribution in [1.29, 1.82) is 0 Å². The zero-order chi connectivity index (χ0) is 16.9. The van der Waals surface area contributed by atoms with Crippen LogP contribution in [-0.4, -0.2) is 20.8 Å². The molecule has 0 aliphatic carbocycles. The van der Waals surface area contributed by atoms with Gasteiger partial charge in [-0.25, -0.2) is 0 Å². The van der Waals surface area contributed by atoms with Crippen LogP contribution in [0.25, 0.3) is 0 Å². The van der Waals surface area contributed by atoms with Crippen LogP contribution in [0.3, 0.4) is 0 Å². The van der Waals surface area contributed by atoms with Crippen molar-refractivity contribution in [1.82, 2.24) is 14.9 Å². The molecule has 0 fully saturated rings. The molecule has 24 heavy (non-hydrogen) atoms. The number of hydrogen-bond acceptors (Lipinski definition) is 4. The monoisotopic (exact) mass is 324 g/mol. The molecule has 6 heteroatoms. The molecule has 3 aromatic rings. The maximum Gasteiger partial charge on any atom is 0.225 e. The third kappa shape index (κ3) is 3.90. The summed E-state index contributed by atoms with van der Waals surface area (Å²) < 4.78 is 6.92. The van der Waals surface area contributed by atoms with Crippen molar-refractivity contribution < 1.29 is 9.32 Å². The van der Waals surface area contributed by atoms with Crippen molar-refractivity contribution in [2.24, 2.45) is 0 Å². The summed E-state index contributed by atoms with van der Waals surface area (Å²) in [6.07, 6.45) is 2.98. The fraction of sp³-hybridized carbons (Fsp3) is 0.278. The number of anilines is 1. The van der Waals surface area contributed by atoms with Crippen molar-refractivity contribution in [3.8, 4) is 0 Å². The number of rotatable bonds is 6. The van der Waals surface area contributed by atoms with Gasteiger partial charge in [-0.2, -0.15) is 5.10 Å². The lowest BCUT2D eigenvalue weighted by Crippen LogP contribution is -2.13. The number of carbonyl (C=O) groups is 1. The van der Waals surface area contributed by atoms with Crippen LogP contribution in [0, 0.1) is 13.8 Å². The van der Waals surface area contributed by atoms with Gasteiger partial charge in [-0.05, 0) is 25.8 Å². The number of hydrogen-bond donors (Lipinski definition) is 1. The van der Waals surface area contributed by atoms with Crippen molar-refractivity contribution >= 4 is 11.7 Å². The Hall–Kier alpha value is -2.89. The van der Waals surface area contributed by atoms with Gasteiger partial charge in [-0.15, -0.1) is 0 Å². The van der Waals surface area contributed by atoms with Gasteiger partial charge in [-0.3, -0.25) is 9.48 Å². The summed E-state index contributed by atoms with van der Waals surface area (Å²) in [5, 5.41) is 11.1. The number of amides is 1. The third-order valence-electron chi connectivity index (χ3n) is 3.89. The van der Waals surface area contributed by atoms with Crippen molar-refractivity contribution in [3.63, 3.8) is 0 Å². The Morgan fingerprint density at radius 3 is 2.71 bits per heavy atom. The predicted octanol–water partition coefficient (Wildman–Crippen LogP) is 3.11. The molecule has 3 rings (SSSR count). The molecule has 1 aromatic carbocycles. The zero-order valence-electron chi connectivity index (χ0n) is 13.8. The van der Waals surface area contributed by atoms with E-state index in [0.717, 1.165) is 22.6 Å². The highest BCUT2D eigenvalue weighted by Crippen LogP contribution is 2.14. The number of aryl methyl sites for hydroxylation is 3. The molecule has 1 amide bonds. The van der Waals surface area contributed by atoms with E-state index in [2.05, 4.69) is 15.6 Å². The lowest BCUT2D eigenvalue weighted by Gasteiger charge is -2.03. The molecule has 0 aliphatic heterocycles. The fourth-order valence-electron chi connectivity index (χ4n) is 2.51. The first kappa shape index (κ1) is 16.0. The Morgan fingerprint density at radius 1 is 1.21 bits per heavy atom. The van der Waals surface area contributed by atoms with Crippen LogP contribution in [0.15, 0.2) is 47.1 Å². The van der Waals surface area contributed by atoms with Crippen LogP contribution >= 0.6 is 0 Å². The highest BCUT2D eigenvalue weighted by atomic mass is 16.5. The Labute approximate surface area is 140 Å². The van der Waals surface area contributed by atoms with E-state index in [0.29, 0.717) is 25.2 Å².